The third-order valence-electron chi connectivity index (χ3n) is 1.54. The molecule has 1 aromatic rings. The predicted molar refractivity (Wildman–Crippen MR) is 35.7 cm³/mol. The second kappa shape index (κ2) is 1.95. The maximum Gasteiger partial charge on any atom is 0.130 e. The Morgan fingerprint density at radius 2 is 2.40 bits per heavy atom. The van der Waals surface area contributed by atoms with Crippen LogP contribution in [0.25, 0.3) is 0 Å². The van der Waals surface area contributed by atoms with Crippen molar-refractivity contribution in [2.45, 2.75) is 6.54 Å². The number of hydrogen-bond donors (Lipinski definition) is 2. The molecule has 0 fully saturated rings. The highest BCUT2D eigenvalue weighted by Crippen LogP contribution is 2.20. The van der Waals surface area contributed by atoms with Gasteiger partial charge in [0.15, 0.2) is 0 Å². The molecular formula is C7H6FN2. The van der Waals surface area contributed by atoms with Crippen LogP contribution in [-0.4, -0.2) is 0 Å². The SMILES string of the molecule is Fc1c[c]cc2c1CNN2. The molecule has 51 valence electrons. The first kappa shape index (κ1) is 5.68. The molecule has 0 amide bonds. The Kier molecular flexibility index (Phi) is 1.11. The van der Waals surface area contributed by atoms with Gasteiger partial charge in [-0.1, -0.05) is 0 Å². The zero-order chi connectivity index (χ0) is 6.97. The molecule has 1 aliphatic heterocycles. The zero-order valence-electron chi connectivity index (χ0n) is 5.24. The summed E-state index contributed by atoms with van der Waals surface area (Å²) >= 11 is 0. The Morgan fingerprint density at radius 3 is 3.20 bits per heavy atom. The summed E-state index contributed by atoms with van der Waals surface area (Å²) in [6, 6.07) is 5.74. The lowest BCUT2D eigenvalue weighted by Crippen LogP contribution is -2.10. The van der Waals surface area contributed by atoms with Crippen molar-refractivity contribution in [1.82, 2.24) is 5.43 Å². The van der Waals surface area contributed by atoms with Gasteiger partial charge in [-0.3, -0.25) is 0 Å². The van der Waals surface area contributed by atoms with Gasteiger partial charge < -0.3 is 5.43 Å². The number of nitrogens with one attached hydrogen (secondary N) is 2. The number of hydrogen-bond acceptors (Lipinski definition) is 2. The van der Waals surface area contributed by atoms with Gasteiger partial charge in [-0.2, -0.15) is 0 Å². The van der Waals surface area contributed by atoms with E-state index in [0.717, 1.165) is 5.69 Å². The van der Waals surface area contributed by atoms with Crippen LogP contribution in [0.4, 0.5) is 10.1 Å². The Morgan fingerprint density at radius 1 is 1.50 bits per heavy atom. The number of anilines is 1. The Bertz CT molecular complexity index is 260. The molecule has 0 aromatic heterocycles. The lowest BCUT2D eigenvalue weighted by Gasteiger charge is -1.95. The molecular weight excluding hydrogens is 131 g/mol. The fourth-order valence-corrected chi connectivity index (χ4v) is 1.02. The van der Waals surface area contributed by atoms with Crippen molar-refractivity contribution in [2.24, 2.45) is 0 Å². The van der Waals surface area contributed by atoms with Crippen molar-refractivity contribution >= 4 is 5.69 Å². The van der Waals surface area contributed by atoms with E-state index >= 15 is 0 Å². The average Bonchev–Trinajstić information content (AvgIpc) is 2.36. The van der Waals surface area contributed by atoms with Gasteiger partial charge >= 0.3 is 0 Å². The topological polar surface area (TPSA) is 24.1 Å². The first-order valence-electron chi connectivity index (χ1n) is 3.05. The van der Waals surface area contributed by atoms with E-state index in [9.17, 15) is 4.39 Å². The third-order valence-corrected chi connectivity index (χ3v) is 1.54. The maximum absolute atomic E-state index is 12.8. The Hall–Kier alpha value is -1.09. The summed E-state index contributed by atoms with van der Waals surface area (Å²) in [7, 11) is 0. The summed E-state index contributed by atoms with van der Waals surface area (Å²) in [5, 5.41) is 0. The molecule has 0 spiro atoms. The smallest absolute Gasteiger partial charge is 0.130 e. The first-order chi connectivity index (χ1) is 4.88. The van der Waals surface area contributed by atoms with Crippen molar-refractivity contribution < 1.29 is 4.39 Å². The van der Waals surface area contributed by atoms with E-state index in [1.54, 1.807) is 6.07 Å². The van der Waals surface area contributed by atoms with Gasteiger partial charge in [0.05, 0.1) is 5.69 Å². The van der Waals surface area contributed by atoms with Gasteiger partial charge in [-0.25, -0.2) is 9.82 Å². The second-order valence-electron chi connectivity index (χ2n) is 2.17. The minimum atomic E-state index is -0.199. The highest BCUT2D eigenvalue weighted by molar-refractivity contribution is 5.53. The van der Waals surface area contributed by atoms with E-state index in [0.29, 0.717) is 12.1 Å². The van der Waals surface area contributed by atoms with Gasteiger partial charge in [0.2, 0.25) is 0 Å². The van der Waals surface area contributed by atoms with Crippen LogP contribution < -0.4 is 10.9 Å². The largest absolute Gasteiger partial charge is 0.321 e. The van der Waals surface area contributed by atoms with Gasteiger partial charge in [0, 0.05) is 12.1 Å². The van der Waals surface area contributed by atoms with Crippen molar-refractivity contribution in [3.63, 3.8) is 0 Å². The second-order valence-corrected chi connectivity index (χ2v) is 2.17. The molecule has 3 heteroatoms. The van der Waals surface area contributed by atoms with E-state index < -0.39 is 0 Å². The van der Waals surface area contributed by atoms with Crippen molar-refractivity contribution in [3.05, 3.63) is 29.6 Å². The molecule has 0 unspecified atom stereocenters. The van der Waals surface area contributed by atoms with Crippen LogP contribution in [0.5, 0.6) is 0 Å². The first-order valence-corrected chi connectivity index (χ1v) is 3.05. The number of fused-ring (bicyclic) bond motifs is 1. The summed E-state index contributed by atoms with van der Waals surface area (Å²) in [4.78, 5) is 0. The van der Waals surface area contributed by atoms with Gasteiger partial charge in [-0.05, 0) is 18.2 Å². The molecule has 0 saturated carbocycles. The van der Waals surface area contributed by atoms with Gasteiger partial charge in [0.1, 0.15) is 5.82 Å². The average molecular weight is 137 g/mol. The van der Waals surface area contributed by atoms with Crippen LogP contribution in [0, 0.1) is 11.9 Å². The molecule has 0 saturated heterocycles. The van der Waals surface area contributed by atoms with Crippen molar-refractivity contribution in [3.8, 4) is 0 Å². The van der Waals surface area contributed by atoms with Crippen LogP contribution in [0.2, 0.25) is 0 Å². The molecule has 1 radical (unpaired) electrons. The number of rotatable bonds is 0. The molecule has 2 N–H and O–H groups in total. The highest BCUT2D eigenvalue weighted by atomic mass is 19.1. The molecule has 0 atom stereocenters. The fraction of sp³-hybridized carbons (Fsp3) is 0.143. The van der Waals surface area contributed by atoms with Gasteiger partial charge in [-0.15, -0.1) is 0 Å². The van der Waals surface area contributed by atoms with E-state index in [-0.39, 0.29) is 5.82 Å². The van der Waals surface area contributed by atoms with E-state index in [4.69, 9.17) is 0 Å². The molecule has 1 heterocycles. The Balaban J connectivity index is 2.59. The van der Waals surface area contributed by atoms with E-state index in [1.807, 2.05) is 0 Å². The van der Waals surface area contributed by atoms with Gasteiger partial charge in [0.25, 0.3) is 0 Å². The third kappa shape index (κ3) is 0.675. The van der Waals surface area contributed by atoms with Crippen molar-refractivity contribution in [1.29, 1.82) is 0 Å². The summed E-state index contributed by atoms with van der Waals surface area (Å²) in [6.45, 7) is 0.551. The molecule has 2 rings (SSSR count). The van der Waals surface area contributed by atoms with Crippen LogP contribution in [0.3, 0.4) is 0 Å². The lowest BCUT2D eigenvalue weighted by molar-refractivity contribution is 0.610. The highest BCUT2D eigenvalue weighted by Gasteiger charge is 2.12. The maximum atomic E-state index is 12.8. The quantitative estimate of drug-likeness (QED) is 0.558. The molecule has 0 aliphatic carbocycles. The molecule has 1 aliphatic rings. The summed E-state index contributed by atoms with van der Waals surface area (Å²) in [5.74, 6) is -0.199. The molecule has 1 aromatic carbocycles. The number of hydrazine groups is 1. The van der Waals surface area contributed by atoms with Crippen LogP contribution in [0.15, 0.2) is 12.1 Å². The summed E-state index contributed by atoms with van der Waals surface area (Å²) < 4.78 is 12.8. The molecule has 10 heavy (non-hydrogen) atoms. The summed E-state index contributed by atoms with van der Waals surface area (Å²) in [6.07, 6.45) is 0. The molecule has 0 bridgehead atoms. The van der Waals surface area contributed by atoms with E-state index in [2.05, 4.69) is 16.9 Å². The number of benzene rings is 1. The number of halogens is 1. The Labute approximate surface area is 58.0 Å². The lowest BCUT2D eigenvalue weighted by atomic mass is 10.2. The van der Waals surface area contributed by atoms with Crippen LogP contribution in [0.1, 0.15) is 5.56 Å². The predicted octanol–water partition coefficient (Wildman–Crippen LogP) is 1.06. The fourth-order valence-electron chi connectivity index (χ4n) is 1.02. The zero-order valence-corrected chi connectivity index (χ0v) is 5.24. The van der Waals surface area contributed by atoms with E-state index in [1.165, 1.54) is 6.07 Å². The normalized spacial score (nSPS) is 14.5. The van der Waals surface area contributed by atoms with Crippen LogP contribution in [-0.2, 0) is 6.54 Å². The minimum absolute atomic E-state index is 0.199. The monoisotopic (exact) mass is 137 g/mol. The molecule has 2 nitrogen and oxygen atoms in total. The minimum Gasteiger partial charge on any atom is -0.321 e. The van der Waals surface area contributed by atoms with Crippen molar-refractivity contribution in [2.75, 3.05) is 5.43 Å². The van der Waals surface area contributed by atoms with Crippen LogP contribution >= 0.6 is 0 Å². The summed E-state index contributed by atoms with van der Waals surface area (Å²) in [5.41, 5.74) is 7.12. The standard InChI is InChI=1S/C7H6FN2/c8-6-2-1-3-7-5(6)4-9-10-7/h2-3,9-10H,4H2.